The molecule has 1 aliphatic rings. The summed E-state index contributed by atoms with van der Waals surface area (Å²) in [4.78, 5) is 23.8. The van der Waals surface area contributed by atoms with E-state index in [0.717, 1.165) is 37.2 Å². The summed E-state index contributed by atoms with van der Waals surface area (Å²) < 4.78 is 0. The SMILES string of the molecule is Cc1cccc(Cc2cccc([C@H]3CCCN(C(=O)c4ccccn4)C3)n2)c1. The number of amides is 1. The van der Waals surface area contributed by atoms with E-state index < -0.39 is 0 Å². The summed E-state index contributed by atoms with van der Waals surface area (Å²) in [5.74, 6) is 0.292. The van der Waals surface area contributed by atoms with Gasteiger partial charge in [0.25, 0.3) is 5.91 Å². The lowest BCUT2D eigenvalue weighted by Crippen LogP contribution is -2.39. The first-order valence-electron chi connectivity index (χ1n) is 9.91. The second-order valence-corrected chi connectivity index (χ2v) is 7.52. The van der Waals surface area contributed by atoms with Gasteiger partial charge >= 0.3 is 0 Å². The monoisotopic (exact) mass is 371 g/mol. The van der Waals surface area contributed by atoms with Crippen LogP contribution in [-0.2, 0) is 6.42 Å². The van der Waals surface area contributed by atoms with E-state index in [2.05, 4.69) is 54.4 Å². The van der Waals surface area contributed by atoms with Crippen molar-refractivity contribution in [2.45, 2.75) is 32.1 Å². The lowest BCUT2D eigenvalue weighted by Gasteiger charge is -2.32. The smallest absolute Gasteiger partial charge is 0.272 e. The van der Waals surface area contributed by atoms with E-state index in [1.54, 1.807) is 12.3 Å². The summed E-state index contributed by atoms with van der Waals surface area (Å²) in [6.07, 6.45) is 4.56. The Kier molecular flexibility index (Phi) is 5.47. The fraction of sp³-hybridized carbons (Fsp3) is 0.292. The van der Waals surface area contributed by atoms with Crippen LogP contribution in [0, 0.1) is 6.92 Å². The molecule has 3 aromatic rings. The number of piperidine rings is 1. The standard InChI is InChI=1S/C24H25N3O/c1-18-7-4-8-19(15-18)16-21-10-5-12-22(26-21)20-9-6-14-27(17-20)24(28)23-11-2-3-13-25-23/h2-5,7-8,10-13,15,20H,6,9,14,16-17H2,1H3/t20-/m0/s1. The van der Waals surface area contributed by atoms with Crippen LogP contribution in [0.5, 0.6) is 0 Å². The topological polar surface area (TPSA) is 46.1 Å². The number of benzene rings is 1. The van der Waals surface area contributed by atoms with Gasteiger partial charge in [-0.05, 0) is 49.6 Å². The third-order valence-corrected chi connectivity index (χ3v) is 5.31. The van der Waals surface area contributed by atoms with Gasteiger partial charge in [-0.25, -0.2) is 0 Å². The molecule has 28 heavy (non-hydrogen) atoms. The van der Waals surface area contributed by atoms with Gasteiger partial charge in [0.15, 0.2) is 0 Å². The highest BCUT2D eigenvalue weighted by molar-refractivity contribution is 5.92. The van der Waals surface area contributed by atoms with E-state index in [9.17, 15) is 4.79 Å². The Labute approximate surface area is 166 Å². The molecule has 142 valence electrons. The number of carbonyl (C=O) groups is 1. The molecule has 0 unspecified atom stereocenters. The molecule has 1 aliphatic heterocycles. The number of carbonyl (C=O) groups excluding carboxylic acids is 1. The Hall–Kier alpha value is -3.01. The van der Waals surface area contributed by atoms with E-state index >= 15 is 0 Å². The molecule has 4 rings (SSSR count). The van der Waals surface area contributed by atoms with Crippen LogP contribution in [0.25, 0.3) is 0 Å². The maximum atomic E-state index is 12.8. The zero-order chi connectivity index (χ0) is 19.3. The number of hydrogen-bond donors (Lipinski definition) is 0. The molecule has 0 saturated carbocycles. The maximum absolute atomic E-state index is 12.8. The lowest BCUT2D eigenvalue weighted by atomic mass is 9.93. The summed E-state index contributed by atoms with van der Waals surface area (Å²) in [6, 6.07) is 20.3. The molecule has 1 aromatic carbocycles. The molecular weight excluding hydrogens is 346 g/mol. The van der Waals surface area contributed by atoms with Gasteiger partial charge in [0.1, 0.15) is 5.69 Å². The van der Waals surface area contributed by atoms with E-state index in [-0.39, 0.29) is 11.8 Å². The highest BCUT2D eigenvalue weighted by atomic mass is 16.2. The minimum atomic E-state index is 0.0150. The molecule has 0 radical (unpaired) electrons. The first-order valence-corrected chi connectivity index (χ1v) is 9.91. The Morgan fingerprint density at radius 2 is 2.00 bits per heavy atom. The fourth-order valence-corrected chi connectivity index (χ4v) is 3.91. The normalized spacial score (nSPS) is 16.8. The summed E-state index contributed by atoms with van der Waals surface area (Å²) in [7, 11) is 0. The molecule has 3 heterocycles. The van der Waals surface area contributed by atoms with Crippen molar-refractivity contribution in [2.75, 3.05) is 13.1 Å². The van der Waals surface area contributed by atoms with Gasteiger partial charge in [-0.3, -0.25) is 14.8 Å². The molecule has 0 spiro atoms. The molecule has 0 bridgehead atoms. The van der Waals surface area contributed by atoms with Crippen molar-refractivity contribution in [3.8, 4) is 0 Å². The zero-order valence-electron chi connectivity index (χ0n) is 16.2. The van der Waals surface area contributed by atoms with Crippen LogP contribution in [0.2, 0.25) is 0 Å². The van der Waals surface area contributed by atoms with Gasteiger partial charge in [0.2, 0.25) is 0 Å². The quantitative estimate of drug-likeness (QED) is 0.683. The predicted octanol–water partition coefficient (Wildman–Crippen LogP) is 4.40. The van der Waals surface area contributed by atoms with E-state index in [0.29, 0.717) is 12.2 Å². The van der Waals surface area contributed by atoms with E-state index in [1.165, 1.54) is 11.1 Å². The zero-order valence-corrected chi connectivity index (χ0v) is 16.2. The number of pyridine rings is 2. The number of aromatic nitrogens is 2. The predicted molar refractivity (Wildman–Crippen MR) is 110 cm³/mol. The van der Waals surface area contributed by atoms with Gasteiger partial charge < -0.3 is 4.90 Å². The maximum Gasteiger partial charge on any atom is 0.272 e. The first kappa shape index (κ1) is 18.4. The van der Waals surface area contributed by atoms with Gasteiger partial charge in [0.05, 0.1) is 0 Å². The average molecular weight is 371 g/mol. The fourth-order valence-electron chi connectivity index (χ4n) is 3.91. The first-order chi connectivity index (χ1) is 13.7. The number of hydrogen-bond acceptors (Lipinski definition) is 3. The van der Waals surface area contributed by atoms with Crippen molar-refractivity contribution >= 4 is 5.91 Å². The number of aryl methyl sites for hydroxylation is 1. The van der Waals surface area contributed by atoms with Gasteiger partial charge in [-0.1, -0.05) is 42.0 Å². The van der Waals surface area contributed by atoms with E-state index in [4.69, 9.17) is 4.98 Å². The molecule has 1 amide bonds. The second-order valence-electron chi connectivity index (χ2n) is 7.52. The highest BCUT2D eigenvalue weighted by Gasteiger charge is 2.26. The molecular formula is C24H25N3O. The van der Waals surface area contributed by atoms with Crippen molar-refractivity contribution in [2.24, 2.45) is 0 Å². The second kappa shape index (κ2) is 8.34. The number of nitrogens with zero attached hydrogens (tertiary/aromatic N) is 3. The van der Waals surface area contributed by atoms with Crippen LogP contribution in [0.1, 0.15) is 51.8 Å². The van der Waals surface area contributed by atoms with Crippen molar-refractivity contribution in [3.63, 3.8) is 0 Å². The van der Waals surface area contributed by atoms with Crippen LogP contribution in [0.3, 0.4) is 0 Å². The summed E-state index contributed by atoms with van der Waals surface area (Å²) in [5.41, 5.74) is 5.23. The molecule has 4 nitrogen and oxygen atoms in total. The molecule has 1 atom stereocenters. The van der Waals surface area contributed by atoms with Crippen LogP contribution >= 0.6 is 0 Å². The lowest BCUT2D eigenvalue weighted by molar-refractivity contribution is 0.0700. The van der Waals surface area contributed by atoms with Gasteiger partial charge in [-0.2, -0.15) is 0 Å². The molecule has 1 fully saturated rings. The highest BCUT2D eigenvalue weighted by Crippen LogP contribution is 2.27. The molecule has 0 N–H and O–H groups in total. The number of rotatable bonds is 4. The van der Waals surface area contributed by atoms with Gasteiger partial charge in [0, 0.05) is 43.0 Å². The minimum absolute atomic E-state index is 0.0150. The van der Waals surface area contributed by atoms with Crippen LogP contribution in [0.15, 0.2) is 66.9 Å². The average Bonchev–Trinajstić information content (AvgIpc) is 2.74. The van der Waals surface area contributed by atoms with E-state index in [1.807, 2.05) is 17.0 Å². The van der Waals surface area contributed by atoms with Gasteiger partial charge in [-0.15, -0.1) is 0 Å². The largest absolute Gasteiger partial charge is 0.337 e. The van der Waals surface area contributed by atoms with Crippen LogP contribution in [0.4, 0.5) is 0 Å². The Bertz CT molecular complexity index is 955. The van der Waals surface area contributed by atoms with Crippen molar-refractivity contribution in [1.29, 1.82) is 0 Å². The third-order valence-electron chi connectivity index (χ3n) is 5.31. The van der Waals surface area contributed by atoms with Crippen LogP contribution in [-0.4, -0.2) is 33.9 Å². The molecule has 1 saturated heterocycles. The summed E-state index contributed by atoms with van der Waals surface area (Å²) >= 11 is 0. The Morgan fingerprint density at radius 1 is 1.11 bits per heavy atom. The Balaban J connectivity index is 1.48. The summed E-state index contributed by atoms with van der Waals surface area (Å²) in [5, 5.41) is 0. The van der Waals surface area contributed by atoms with Crippen molar-refractivity contribution in [1.82, 2.24) is 14.9 Å². The third kappa shape index (κ3) is 4.28. The molecule has 0 aliphatic carbocycles. The van der Waals surface area contributed by atoms with Crippen molar-refractivity contribution in [3.05, 3.63) is 95.1 Å². The summed E-state index contributed by atoms with van der Waals surface area (Å²) in [6.45, 7) is 3.60. The van der Waals surface area contributed by atoms with Crippen molar-refractivity contribution < 1.29 is 4.79 Å². The number of likely N-dealkylation sites (tertiary alicyclic amines) is 1. The van der Waals surface area contributed by atoms with Crippen LogP contribution < -0.4 is 0 Å². The minimum Gasteiger partial charge on any atom is -0.337 e. The molecule has 2 aromatic heterocycles. The molecule has 4 heteroatoms. The Morgan fingerprint density at radius 3 is 2.82 bits per heavy atom.